The van der Waals surface area contributed by atoms with E-state index in [1.54, 1.807) is 24.3 Å². The summed E-state index contributed by atoms with van der Waals surface area (Å²) in [7, 11) is 0. The van der Waals surface area contributed by atoms with Crippen molar-refractivity contribution in [1.82, 2.24) is 0 Å². The van der Waals surface area contributed by atoms with Crippen molar-refractivity contribution in [2.24, 2.45) is 0 Å². The van der Waals surface area contributed by atoms with E-state index in [0.29, 0.717) is 10.8 Å². The van der Waals surface area contributed by atoms with Gasteiger partial charge in [-0.1, -0.05) is 48.5 Å². The van der Waals surface area contributed by atoms with Crippen LogP contribution >= 0.6 is 0 Å². The summed E-state index contributed by atoms with van der Waals surface area (Å²) >= 11 is 0. The Morgan fingerprint density at radius 3 is 2.30 bits per heavy atom. The lowest BCUT2D eigenvalue weighted by Crippen LogP contribution is -2.11. The number of aromatic hydroxyl groups is 1. The zero-order chi connectivity index (χ0) is 16.4. The normalized spacial score (nSPS) is 12.2. The highest BCUT2D eigenvalue weighted by atomic mass is 16.4. The molecule has 4 nitrogen and oxygen atoms in total. The molecule has 2 aromatic carbocycles. The Morgan fingerprint density at radius 1 is 1.04 bits per heavy atom. The number of hydrogen-bond acceptors (Lipinski definition) is 4. The average Bonchev–Trinajstić information content (AvgIpc) is 2.57. The maximum atomic E-state index is 12.2. The molecule has 3 rings (SSSR count). The highest BCUT2D eigenvalue weighted by Gasteiger charge is 2.24. The van der Waals surface area contributed by atoms with Crippen LogP contribution in [0.1, 0.15) is 30.6 Å². The Labute approximate surface area is 133 Å². The van der Waals surface area contributed by atoms with E-state index in [1.165, 1.54) is 6.92 Å². The summed E-state index contributed by atoms with van der Waals surface area (Å²) in [5, 5.41) is 11.3. The maximum absolute atomic E-state index is 12.2. The number of carbonyl (C=O) groups excluding carboxylic acids is 1. The van der Waals surface area contributed by atoms with Crippen LogP contribution in [0.15, 0.2) is 63.8 Å². The van der Waals surface area contributed by atoms with Crippen LogP contribution in [0.5, 0.6) is 5.75 Å². The van der Waals surface area contributed by atoms with E-state index >= 15 is 0 Å². The van der Waals surface area contributed by atoms with Gasteiger partial charge in [0.15, 0.2) is 11.5 Å². The highest BCUT2D eigenvalue weighted by Crippen LogP contribution is 2.36. The highest BCUT2D eigenvalue weighted by molar-refractivity contribution is 5.88. The minimum atomic E-state index is -0.516. The van der Waals surface area contributed by atoms with Gasteiger partial charge >= 0.3 is 5.63 Å². The van der Waals surface area contributed by atoms with Crippen LogP contribution in [0.4, 0.5) is 0 Å². The zero-order valence-electron chi connectivity index (χ0n) is 12.7. The molecule has 0 bridgehead atoms. The van der Waals surface area contributed by atoms with Crippen molar-refractivity contribution >= 4 is 16.6 Å². The molecule has 0 radical (unpaired) electrons. The standard InChI is InChI=1S/C19H16O4/c1-12(20)11-16(13-7-3-2-4-8-13)18-17(21)14-9-5-6-10-15(14)19(22)23-18/h2-10,16,21H,11H2,1H3/t16-/m1/s1. The number of fused-ring (bicyclic) bond motifs is 1. The fraction of sp³-hybridized carbons (Fsp3) is 0.158. The summed E-state index contributed by atoms with van der Waals surface area (Å²) in [5.74, 6) is -0.495. The van der Waals surface area contributed by atoms with Crippen molar-refractivity contribution in [3.63, 3.8) is 0 Å². The van der Waals surface area contributed by atoms with E-state index in [2.05, 4.69) is 0 Å². The van der Waals surface area contributed by atoms with Crippen molar-refractivity contribution in [3.8, 4) is 5.75 Å². The van der Waals surface area contributed by atoms with E-state index in [1.807, 2.05) is 30.3 Å². The summed E-state index contributed by atoms with van der Waals surface area (Å²) in [6.07, 6.45) is 0.152. The number of carbonyl (C=O) groups is 1. The third kappa shape index (κ3) is 2.88. The second kappa shape index (κ2) is 6.08. The third-order valence-electron chi connectivity index (χ3n) is 3.85. The first-order valence-corrected chi connectivity index (χ1v) is 7.37. The molecule has 0 spiro atoms. The van der Waals surface area contributed by atoms with E-state index in [9.17, 15) is 14.7 Å². The third-order valence-corrected chi connectivity index (χ3v) is 3.85. The predicted molar refractivity (Wildman–Crippen MR) is 87.7 cm³/mol. The second-order valence-electron chi connectivity index (χ2n) is 5.52. The maximum Gasteiger partial charge on any atom is 0.344 e. The quantitative estimate of drug-likeness (QED) is 0.799. The Balaban J connectivity index is 2.24. The molecule has 0 aliphatic heterocycles. The first-order chi connectivity index (χ1) is 11.1. The monoisotopic (exact) mass is 308 g/mol. The topological polar surface area (TPSA) is 67.5 Å². The molecule has 0 amide bonds. The Bertz CT molecular complexity index is 910. The number of rotatable bonds is 4. The fourth-order valence-electron chi connectivity index (χ4n) is 2.77. The number of ketones is 1. The number of Topliss-reactive ketones (excluding diaryl/α,β-unsaturated/α-hetero) is 1. The molecule has 1 aromatic heterocycles. The van der Waals surface area contributed by atoms with Gasteiger partial charge in [0.1, 0.15) is 5.78 Å². The van der Waals surface area contributed by atoms with Crippen molar-refractivity contribution in [2.45, 2.75) is 19.3 Å². The smallest absolute Gasteiger partial charge is 0.344 e. The minimum absolute atomic E-state index is 0.0472. The Morgan fingerprint density at radius 2 is 1.65 bits per heavy atom. The number of hydrogen-bond donors (Lipinski definition) is 1. The molecule has 0 saturated carbocycles. The lowest BCUT2D eigenvalue weighted by atomic mass is 9.90. The van der Waals surface area contributed by atoms with Crippen molar-refractivity contribution in [2.75, 3.05) is 0 Å². The predicted octanol–water partition coefficient (Wildman–Crippen LogP) is 3.61. The van der Waals surface area contributed by atoms with Crippen LogP contribution in [-0.2, 0) is 4.79 Å². The van der Waals surface area contributed by atoms with Crippen molar-refractivity contribution in [1.29, 1.82) is 0 Å². The molecule has 3 aromatic rings. The molecule has 0 aliphatic carbocycles. The summed E-state index contributed by atoms with van der Waals surface area (Å²) in [6, 6.07) is 16.0. The molecule has 1 atom stereocenters. The first-order valence-electron chi connectivity index (χ1n) is 7.37. The molecule has 1 heterocycles. The van der Waals surface area contributed by atoms with Crippen molar-refractivity contribution in [3.05, 3.63) is 76.3 Å². The van der Waals surface area contributed by atoms with Gasteiger partial charge in [0.05, 0.1) is 11.3 Å². The van der Waals surface area contributed by atoms with E-state index in [-0.39, 0.29) is 23.7 Å². The van der Waals surface area contributed by atoms with E-state index < -0.39 is 11.5 Å². The van der Waals surface area contributed by atoms with Gasteiger partial charge in [0, 0.05) is 11.8 Å². The van der Waals surface area contributed by atoms with Gasteiger partial charge in [0.25, 0.3) is 0 Å². The fourth-order valence-corrected chi connectivity index (χ4v) is 2.77. The van der Waals surface area contributed by atoms with Gasteiger partial charge in [-0.25, -0.2) is 4.79 Å². The summed E-state index contributed by atoms with van der Waals surface area (Å²) < 4.78 is 5.38. The number of benzene rings is 2. The van der Waals surface area contributed by atoms with Crippen LogP contribution < -0.4 is 5.63 Å². The summed E-state index contributed by atoms with van der Waals surface area (Å²) in [4.78, 5) is 23.9. The van der Waals surface area contributed by atoms with Crippen LogP contribution in [-0.4, -0.2) is 10.9 Å². The average molecular weight is 308 g/mol. The van der Waals surface area contributed by atoms with E-state index in [0.717, 1.165) is 5.56 Å². The Hall–Kier alpha value is -2.88. The molecule has 1 N–H and O–H groups in total. The van der Waals surface area contributed by atoms with Gasteiger partial charge in [-0.15, -0.1) is 0 Å². The molecule has 116 valence electrons. The first kappa shape index (κ1) is 15.0. The van der Waals surface area contributed by atoms with Crippen molar-refractivity contribution < 1.29 is 14.3 Å². The van der Waals surface area contributed by atoms with Crippen LogP contribution in [0.2, 0.25) is 0 Å². The van der Waals surface area contributed by atoms with Gasteiger partial charge in [-0.3, -0.25) is 4.79 Å². The zero-order valence-corrected chi connectivity index (χ0v) is 12.7. The van der Waals surface area contributed by atoms with Gasteiger partial charge < -0.3 is 9.52 Å². The van der Waals surface area contributed by atoms with E-state index in [4.69, 9.17) is 4.42 Å². The van der Waals surface area contributed by atoms with Crippen LogP contribution in [0.25, 0.3) is 10.8 Å². The molecule has 0 saturated heterocycles. The molecule has 0 aliphatic rings. The molecule has 4 heteroatoms. The molecule has 0 fully saturated rings. The summed E-state index contributed by atoms with van der Waals surface area (Å²) in [5.41, 5.74) is 0.300. The van der Waals surface area contributed by atoms with Gasteiger partial charge in [0.2, 0.25) is 0 Å². The van der Waals surface area contributed by atoms with Gasteiger partial charge in [-0.05, 0) is 18.6 Å². The molecular formula is C19H16O4. The molecule has 23 heavy (non-hydrogen) atoms. The lowest BCUT2D eigenvalue weighted by molar-refractivity contribution is -0.117. The molecule has 0 unspecified atom stereocenters. The second-order valence-corrected chi connectivity index (χ2v) is 5.52. The largest absolute Gasteiger partial charge is 0.504 e. The lowest BCUT2D eigenvalue weighted by Gasteiger charge is -2.17. The summed E-state index contributed by atoms with van der Waals surface area (Å²) in [6.45, 7) is 1.48. The minimum Gasteiger partial charge on any atom is -0.504 e. The van der Waals surface area contributed by atoms with Gasteiger partial charge in [-0.2, -0.15) is 0 Å². The van der Waals surface area contributed by atoms with Crippen LogP contribution in [0, 0.1) is 0 Å². The molecular weight excluding hydrogens is 292 g/mol. The van der Waals surface area contributed by atoms with Crippen LogP contribution in [0.3, 0.4) is 0 Å². The SMILES string of the molecule is CC(=O)C[C@H](c1ccccc1)c1oc(=O)c2ccccc2c1O. The Kier molecular flexibility index (Phi) is 3.98.